The fraction of sp³-hybridized carbons (Fsp3) is 0.275. The van der Waals surface area contributed by atoms with Gasteiger partial charge in [0.15, 0.2) is 0 Å². The fourth-order valence-electron chi connectivity index (χ4n) is 12.6. The summed E-state index contributed by atoms with van der Waals surface area (Å²) in [7, 11) is 0. The first-order valence-corrected chi connectivity index (χ1v) is 38.4. The molecule has 0 aliphatic carbocycles. The summed E-state index contributed by atoms with van der Waals surface area (Å²) in [6.07, 6.45) is 0. The molecular weight excluding hydrogens is 1230 g/mol. The highest BCUT2D eigenvalue weighted by molar-refractivity contribution is 6.24. The van der Waals surface area contributed by atoms with Gasteiger partial charge in [0.1, 0.15) is 0 Å². The van der Waals surface area contributed by atoms with Gasteiger partial charge in [0.05, 0.1) is 0 Å². The number of benzene rings is 16. The molecule has 0 radical (unpaired) electrons. The van der Waals surface area contributed by atoms with Crippen LogP contribution in [0.1, 0.15) is 178 Å². The molecule has 0 fully saturated rings. The normalized spacial score (nSPS) is 9.76. The molecule has 0 saturated heterocycles. The van der Waals surface area contributed by atoms with E-state index in [-0.39, 0.29) is 0 Å². The molecular formula is C102H126. The number of hydrogen-bond acceptors (Lipinski definition) is 0. The van der Waals surface area contributed by atoms with Crippen LogP contribution in [0.2, 0.25) is 0 Å². The summed E-state index contributed by atoms with van der Waals surface area (Å²) in [5.41, 5.74) is 16.3. The largest absolute Gasteiger partial charge is 0.0683 e. The molecule has 0 heteroatoms. The van der Waals surface area contributed by atoms with E-state index >= 15 is 0 Å². The summed E-state index contributed by atoms with van der Waals surface area (Å²) in [6, 6.07) is 91.8. The SMILES string of the molecule is CC.CC.CC.CC.CC.CC.CC.CC.Cc1cc(C)c2ccccc2c1.Cc1ccc(C)c2cc3ccccc3cc12.Cc1ccc2cc(C)c3ccccc3c2c1.Cc1ccc2ccc3c(C)ccc4ccc1c2c43.Cc1cccc2c(C)c3ccccc3cc12.Cc1ccccc1C. The van der Waals surface area contributed by atoms with Crippen LogP contribution in [-0.2, 0) is 0 Å². The van der Waals surface area contributed by atoms with Crippen LogP contribution in [0, 0.1) is 83.1 Å². The maximum absolute atomic E-state index is 2.30. The minimum Gasteiger partial charge on any atom is -0.0683 e. The number of fused-ring (bicyclic) bond motifs is 8. The highest BCUT2D eigenvalue weighted by atomic mass is 14.2. The highest BCUT2D eigenvalue weighted by Gasteiger charge is 2.11. The quantitative estimate of drug-likeness (QED) is 0.105. The Hall–Kier alpha value is -9.62. The summed E-state index contributed by atoms with van der Waals surface area (Å²) in [4.78, 5) is 0. The number of hydrogen-bond donors (Lipinski definition) is 0. The van der Waals surface area contributed by atoms with Crippen LogP contribution in [0.25, 0.3) is 108 Å². The third kappa shape index (κ3) is 21.9. The van der Waals surface area contributed by atoms with E-state index in [0.29, 0.717) is 0 Å². The molecule has 0 aromatic heterocycles. The molecule has 0 spiro atoms. The predicted molar refractivity (Wildman–Crippen MR) is 473 cm³/mol. The third-order valence-corrected chi connectivity index (χ3v) is 17.7. The van der Waals surface area contributed by atoms with Gasteiger partial charge < -0.3 is 0 Å². The topological polar surface area (TPSA) is 0 Å². The van der Waals surface area contributed by atoms with Crippen molar-refractivity contribution >= 4 is 108 Å². The molecule has 102 heavy (non-hydrogen) atoms. The maximum Gasteiger partial charge on any atom is -0.00240 e. The number of rotatable bonds is 0. The summed E-state index contributed by atoms with van der Waals surface area (Å²) in [5, 5.41) is 27.3. The Morgan fingerprint density at radius 1 is 0.137 bits per heavy atom. The molecule has 0 aliphatic heterocycles. The summed E-state index contributed by atoms with van der Waals surface area (Å²) >= 11 is 0. The molecule has 534 valence electrons. The van der Waals surface area contributed by atoms with Crippen LogP contribution in [-0.4, -0.2) is 0 Å². The summed E-state index contributed by atoms with van der Waals surface area (Å²) in [6.45, 7) is 58.0. The average molecular weight is 1350 g/mol. The van der Waals surface area contributed by atoms with Crippen molar-refractivity contribution in [3.8, 4) is 0 Å². The van der Waals surface area contributed by atoms with Crippen LogP contribution in [0.4, 0.5) is 0 Å². The van der Waals surface area contributed by atoms with Crippen molar-refractivity contribution in [2.75, 3.05) is 0 Å². The molecule has 0 unspecified atom stereocenters. The summed E-state index contributed by atoms with van der Waals surface area (Å²) in [5.74, 6) is 0. The fourth-order valence-corrected chi connectivity index (χ4v) is 12.6. The lowest BCUT2D eigenvalue weighted by molar-refractivity contribution is 1.34. The van der Waals surface area contributed by atoms with Gasteiger partial charge in [-0.3, -0.25) is 0 Å². The second-order valence-corrected chi connectivity index (χ2v) is 23.9. The average Bonchev–Trinajstić information content (AvgIpc) is 0.740. The molecule has 0 N–H and O–H groups in total. The third-order valence-electron chi connectivity index (χ3n) is 17.7. The lowest BCUT2D eigenvalue weighted by Crippen LogP contribution is -1.87. The van der Waals surface area contributed by atoms with E-state index in [1.54, 1.807) is 0 Å². The summed E-state index contributed by atoms with van der Waals surface area (Å²) < 4.78 is 0. The molecule has 0 atom stereocenters. The van der Waals surface area contributed by atoms with Crippen LogP contribution in [0.5, 0.6) is 0 Å². The molecule has 0 saturated carbocycles. The van der Waals surface area contributed by atoms with E-state index in [0.717, 1.165) is 0 Å². The minimum atomic E-state index is 1.32. The van der Waals surface area contributed by atoms with Gasteiger partial charge in [-0.2, -0.15) is 0 Å². The van der Waals surface area contributed by atoms with Gasteiger partial charge in [0.25, 0.3) is 0 Å². The van der Waals surface area contributed by atoms with Gasteiger partial charge >= 0.3 is 0 Å². The second kappa shape index (κ2) is 45.3. The zero-order valence-corrected chi connectivity index (χ0v) is 68.2. The minimum absolute atomic E-state index is 1.32. The molecule has 16 aromatic rings. The van der Waals surface area contributed by atoms with Crippen molar-refractivity contribution in [3.63, 3.8) is 0 Å². The van der Waals surface area contributed by atoms with Crippen molar-refractivity contribution in [2.45, 2.75) is 194 Å². The maximum atomic E-state index is 2.30. The van der Waals surface area contributed by atoms with Crippen LogP contribution in [0.15, 0.2) is 255 Å². The van der Waals surface area contributed by atoms with Crippen molar-refractivity contribution in [2.24, 2.45) is 0 Å². The predicted octanol–water partition coefficient (Wildman–Crippen LogP) is 33.0. The van der Waals surface area contributed by atoms with Crippen molar-refractivity contribution < 1.29 is 0 Å². The zero-order valence-electron chi connectivity index (χ0n) is 68.2. The van der Waals surface area contributed by atoms with Gasteiger partial charge in [-0.15, -0.1) is 0 Å². The van der Waals surface area contributed by atoms with Crippen molar-refractivity contribution in [3.05, 3.63) is 322 Å². The molecule has 0 bridgehead atoms. The van der Waals surface area contributed by atoms with E-state index in [9.17, 15) is 0 Å². The van der Waals surface area contributed by atoms with E-state index in [1.807, 2.05) is 111 Å². The number of aryl methyl sites for hydroxylation is 12. The molecule has 16 rings (SSSR count). The Morgan fingerprint density at radius 2 is 0.451 bits per heavy atom. The van der Waals surface area contributed by atoms with Gasteiger partial charge in [0.2, 0.25) is 0 Å². The van der Waals surface area contributed by atoms with E-state index in [4.69, 9.17) is 0 Å². The Kier molecular flexibility index (Phi) is 38.5. The monoisotopic (exact) mass is 1350 g/mol. The Labute approximate surface area is 619 Å². The molecule has 0 heterocycles. The van der Waals surface area contributed by atoms with Gasteiger partial charge in [-0.25, -0.2) is 0 Å². The second-order valence-electron chi connectivity index (χ2n) is 23.9. The molecule has 16 aromatic carbocycles. The molecule has 0 nitrogen and oxygen atoms in total. The lowest BCUT2D eigenvalue weighted by atomic mass is 9.91. The van der Waals surface area contributed by atoms with Crippen molar-refractivity contribution in [1.29, 1.82) is 0 Å². The van der Waals surface area contributed by atoms with Gasteiger partial charge in [-0.1, -0.05) is 358 Å². The lowest BCUT2D eigenvalue weighted by Gasteiger charge is -2.13. The first kappa shape index (κ1) is 86.6. The smallest absolute Gasteiger partial charge is 0.00240 e. The van der Waals surface area contributed by atoms with Crippen molar-refractivity contribution in [1.82, 2.24) is 0 Å². The first-order chi connectivity index (χ1) is 49.6. The van der Waals surface area contributed by atoms with Gasteiger partial charge in [0, 0.05) is 0 Å². The Balaban J connectivity index is 0.000000309. The van der Waals surface area contributed by atoms with Gasteiger partial charge in [-0.05, 0) is 265 Å². The zero-order chi connectivity index (χ0) is 76.2. The Bertz CT molecular complexity index is 4940. The van der Waals surface area contributed by atoms with E-state index in [1.165, 1.54) is 174 Å². The molecule has 0 aliphatic rings. The molecule has 0 amide bonds. The standard InChI is InChI=1S/C18H14.3C16H14.C12H12.C8H10.8C2H6/c1-11-3-5-13-8-10-16-12(2)4-6-14-7-9-15(11)17(13)18(14)16;1-11-6-5-9-15-12(2)14-8-4-3-7-13(14)10-16(11)15;1-11-7-8-12(2)16-10-14-6-4-3-5-13(14)9-15(11)16;1-11-7-8-13-10-12(2)14-5-3-4-6-15(14)16(13)9-11;1-9-7-10(2)12-6-4-3-5-11(12)8-9;1-7-5-3-4-6-8(7)2;8*1-2/h3-10H,1-2H3;3*3-10H,1-2H3;3-8H,1-2H3;3-6H,1-2H3;8*1-2H3. The highest BCUT2D eigenvalue weighted by Crippen LogP contribution is 2.38. The van der Waals surface area contributed by atoms with E-state index in [2.05, 4.69) is 338 Å². The van der Waals surface area contributed by atoms with E-state index < -0.39 is 0 Å². The van der Waals surface area contributed by atoms with Crippen LogP contribution in [0.3, 0.4) is 0 Å². The van der Waals surface area contributed by atoms with Crippen LogP contribution >= 0.6 is 0 Å². The van der Waals surface area contributed by atoms with Crippen LogP contribution < -0.4 is 0 Å². The first-order valence-electron chi connectivity index (χ1n) is 38.4. The Morgan fingerprint density at radius 3 is 0.931 bits per heavy atom.